The molecule has 1 atom stereocenters. The number of aliphatic carboxylic acids is 1. The molecule has 30 heavy (non-hydrogen) atoms. The fourth-order valence-electron chi connectivity index (χ4n) is 2.62. The molecule has 0 aliphatic carbocycles. The zero-order valence-corrected chi connectivity index (χ0v) is 15.8. The smallest absolute Gasteiger partial charge is 0.312 e. The number of halogens is 2. The van der Waals surface area contributed by atoms with Crippen LogP contribution in [0, 0.1) is 11.6 Å². The van der Waals surface area contributed by atoms with Gasteiger partial charge in [0, 0.05) is 31.1 Å². The maximum absolute atomic E-state index is 13.3. The number of nitrogens with one attached hydrogen (secondary N) is 2. The number of nitrogens with two attached hydrogens (primary N) is 1. The van der Waals surface area contributed by atoms with E-state index >= 15 is 0 Å². The Balaban J connectivity index is 1.84. The lowest BCUT2D eigenvalue weighted by molar-refractivity contribution is -0.138. The maximum atomic E-state index is 13.3. The lowest BCUT2D eigenvalue weighted by atomic mass is 9.99. The van der Waals surface area contributed by atoms with Gasteiger partial charge in [0.25, 0.3) is 0 Å². The Bertz CT molecular complexity index is 928. The second-order valence-electron chi connectivity index (χ2n) is 6.35. The number of hydrogen-bond donors (Lipinski definition) is 4. The molecule has 0 spiro atoms. The van der Waals surface area contributed by atoms with Gasteiger partial charge in [-0.15, -0.1) is 0 Å². The molecule has 2 rings (SSSR count). The van der Waals surface area contributed by atoms with Crippen LogP contribution in [0.4, 0.5) is 14.5 Å². The van der Waals surface area contributed by atoms with Gasteiger partial charge in [0.15, 0.2) is 0 Å². The minimum Gasteiger partial charge on any atom is -0.481 e. The molecule has 0 fully saturated rings. The predicted molar refractivity (Wildman–Crippen MR) is 106 cm³/mol. The Morgan fingerprint density at radius 2 is 1.63 bits per heavy atom. The molecular formula is C20H20F2N4O4. The number of hydrogen-bond acceptors (Lipinski definition) is 5. The van der Waals surface area contributed by atoms with E-state index in [1.54, 1.807) is 24.3 Å². The van der Waals surface area contributed by atoms with Crippen molar-refractivity contribution in [1.82, 2.24) is 5.32 Å². The van der Waals surface area contributed by atoms with Gasteiger partial charge in [-0.1, -0.05) is 12.1 Å². The van der Waals surface area contributed by atoms with Gasteiger partial charge >= 0.3 is 5.97 Å². The largest absolute Gasteiger partial charge is 0.481 e. The summed E-state index contributed by atoms with van der Waals surface area (Å²) in [5, 5.41) is 17.7. The Morgan fingerprint density at radius 1 is 1.03 bits per heavy atom. The first kappa shape index (κ1) is 22.5. The topological polar surface area (TPSA) is 134 Å². The molecule has 0 aliphatic rings. The summed E-state index contributed by atoms with van der Waals surface area (Å²) in [5.41, 5.74) is 1.16. The van der Waals surface area contributed by atoms with Crippen molar-refractivity contribution in [3.8, 4) is 0 Å². The van der Waals surface area contributed by atoms with Gasteiger partial charge in [0.1, 0.15) is 11.6 Å². The number of carbonyl (C=O) groups excluding carboxylic acids is 2. The zero-order chi connectivity index (χ0) is 22.1. The first-order valence-electron chi connectivity index (χ1n) is 8.87. The van der Waals surface area contributed by atoms with Gasteiger partial charge in [-0.05, 0) is 35.4 Å². The molecule has 10 heteroatoms. The fourth-order valence-corrected chi connectivity index (χ4v) is 2.62. The van der Waals surface area contributed by atoms with Crippen molar-refractivity contribution >= 4 is 29.7 Å². The highest BCUT2D eigenvalue weighted by atomic mass is 19.1. The normalized spacial score (nSPS) is 11.8. The van der Waals surface area contributed by atoms with Crippen LogP contribution in [0.15, 0.2) is 47.6 Å². The van der Waals surface area contributed by atoms with E-state index in [9.17, 15) is 28.3 Å². The third-order valence-corrected chi connectivity index (χ3v) is 4.09. The maximum Gasteiger partial charge on any atom is 0.312 e. The number of nitrogens with zero attached hydrogens (tertiary/aromatic N) is 1. The van der Waals surface area contributed by atoms with Crippen molar-refractivity contribution in [2.45, 2.75) is 18.8 Å². The lowest BCUT2D eigenvalue weighted by Crippen LogP contribution is -2.32. The van der Waals surface area contributed by atoms with E-state index in [0.717, 1.165) is 17.7 Å². The molecule has 2 aromatic rings. The second-order valence-corrected chi connectivity index (χ2v) is 6.35. The van der Waals surface area contributed by atoms with E-state index in [1.807, 2.05) is 0 Å². The quantitative estimate of drug-likeness (QED) is 0.281. The number of carboxylic acid groups (broad SMARTS) is 1. The summed E-state index contributed by atoms with van der Waals surface area (Å²) in [6.45, 7) is -0.372. The first-order valence-corrected chi connectivity index (χ1v) is 8.87. The average Bonchev–Trinajstić information content (AvgIpc) is 2.67. The Kier molecular flexibility index (Phi) is 7.98. The Hall–Kier alpha value is -3.82. The third-order valence-electron chi connectivity index (χ3n) is 4.09. The Morgan fingerprint density at radius 3 is 2.20 bits per heavy atom. The number of hydrazone groups is 1. The summed E-state index contributed by atoms with van der Waals surface area (Å²) < 4.78 is 26.6. The van der Waals surface area contributed by atoms with Gasteiger partial charge in [0.05, 0.1) is 12.1 Å². The van der Waals surface area contributed by atoms with E-state index in [-0.39, 0.29) is 24.9 Å². The summed E-state index contributed by atoms with van der Waals surface area (Å²) in [4.78, 5) is 35.3. The zero-order valence-electron chi connectivity index (χ0n) is 15.8. The van der Waals surface area contributed by atoms with Gasteiger partial charge in [0.2, 0.25) is 11.8 Å². The third kappa shape index (κ3) is 6.97. The SMILES string of the molecule is NN=Cc1ccc(NC(=O)CCC(=O)NCC(C(=O)O)c2cc(F)cc(F)c2)cc1. The van der Waals surface area contributed by atoms with Crippen molar-refractivity contribution in [2.24, 2.45) is 10.9 Å². The summed E-state index contributed by atoms with van der Waals surface area (Å²) in [7, 11) is 0. The van der Waals surface area contributed by atoms with E-state index in [4.69, 9.17) is 5.84 Å². The highest BCUT2D eigenvalue weighted by molar-refractivity contribution is 5.93. The average molecular weight is 418 g/mol. The van der Waals surface area contributed by atoms with Crippen LogP contribution < -0.4 is 16.5 Å². The van der Waals surface area contributed by atoms with E-state index < -0.39 is 35.3 Å². The van der Waals surface area contributed by atoms with Crippen LogP contribution >= 0.6 is 0 Å². The summed E-state index contributed by atoms with van der Waals surface area (Å²) in [6.07, 6.45) is 1.12. The van der Waals surface area contributed by atoms with Crippen LogP contribution in [0.3, 0.4) is 0 Å². The molecule has 8 nitrogen and oxygen atoms in total. The molecular weight excluding hydrogens is 398 g/mol. The molecule has 0 aromatic heterocycles. The molecule has 0 aliphatic heterocycles. The van der Waals surface area contributed by atoms with Crippen LogP contribution in [0.1, 0.15) is 29.9 Å². The molecule has 0 radical (unpaired) electrons. The molecule has 0 saturated heterocycles. The molecule has 158 valence electrons. The van der Waals surface area contributed by atoms with Crippen molar-refractivity contribution in [3.63, 3.8) is 0 Å². The van der Waals surface area contributed by atoms with Crippen LogP contribution in [0.2, 0.25) is 0 Å². The Labute approximate surface area is 170 Å². The molecule has 2 aromatic carbocycles. The van der Waals surface area contributed by atoms with Crippen LogP contribution in [-0.2, 0) is 14.4 Å². The van der Waals surface area contributed by atoms with E-state index in [2.05, 4.69) is 15.7 Å². The number of benzene rings is 2. The summed E-state index contributed by atoms with van der Waals surface area (Å²) >= 11 is 0. The number of carboxylic acids is 1. The summed E-state index contributed by atoms with van der Waals surface area (Å²) in [6, 6.07) is 9.09. The number of carbonyl (C=O) groups is 3. The summed E-state index contributed by atoms with van der Waals surface area (Å²) in [5.74, 6) is -0.432. The minimum atomic E-state index is -1.35. The molecule has 1 unspecified atom stereocenters. The van der Waals surface area contributed by atoms with Crippen molar-refractivity contribution in [2.75, 3.05) is 11.9 Å². The number of anilines is 1. The van der Waals surface area contributed by atoms with Gasteiger partial charge in [-0.2, -0.15) is 5.10 Å². The number of rotatable bonds is 9. The predicted octanol–water partition coefficient (Wildman–Crippen LogP) is 1.96. The lowest BCUT2D eigenvalue weighted by Gasteiger charge is -2.14. The minimum absolute atomic E-state index is 0.110. The number of amides is 2. The highest BCUT2D eigenvalue weighted by Gasteiger charge is 2.22. The van der Waals surface area contributed by atoms with Crippen LogP contribution in [0.5, 0.6) is 0 Å². The monoisotopic (exact) mass is 418 g/mol. The van der Waals surface area contributed by atoms with Crippen LogP contribution in [-0.4, -0.2) is 35.6 Å². The molecule has 0 saturated carbocycles. The van der Waals surface area contributed by atoms with Crippen molar-refractivity contribution in [3.05, 3.63) is 65.2 Å². The molecule has 0 bridgehead atoms. The van der Waals surface area contributed by atoms with Gasteiger partial charge in [-0.25, -0.2) is 8.78 Å². The van der Waals surface area contributed by atoms with E-state index in [0.29, 0.717) is 11.8 Å². The second kappa shape index (κ2) is 10.6. The molecule has 5 N–H and O–H groups in total. The molecule has 0 heterocycles. The fraction of sp³-hybridized carbons (Fsp3) is 0.200. The van der Waals surface area contributed by atoms with Crippen LogP contribution in [0.25, 0.3) is 0 Å². The van der Waals surface area contributed by atoms with Gasteiger partial charge in [-0.3, -0.25) is 14.4 Å². The standard InChI is InChI=1S/C20H20F2N4O4/c21-14-7-13(8-15(22)9-14)17(20(29)30)11-24-18(27)5-6-19(28)26-16-3-1-12(2-4-16)10-25-23/h1-4,7-10,17H,5-6,11,23H2,(H,24,27)(H,26,28)(H,29,30). The highest BCUT2D eigenvalue weighted by Crippen LogP contribution is 2.18. The van der Waals surface area contributed by atoms with E-state index in [1.165, 1.54) is 6.21 Å². The van der Waals surface area contributed by atoms with Gasteiger partial charge < -0.3 is 21.6 Å². The first-order chi connectivity index (χ1) is 14.3. The van der Waals surface area contributed by atoms with Crippen molar-refractivity contribution in [1.29, 1.82) is 0 Å². The molecule has 2 amide bonds. The van der Waals surface area contributed by atoms with Crippen molar-refractivity contribution < 1.29 is 28.3 Å².